The molecule has 0 heterocycles. The molecule has 0 aliphatic heterocycles. The van der Waals surface area contributed by atoms with Gasteiger partial charge < -0.3 is 38.5 Å². The minimum atomic E-state index is -5.39. The van der Waals surface area contributed by atoms with Gasteiger partial charge in [-0.2, -0.15) is 15.6 Å². The van der Waals surface area contributed by atoms with Crippen molar-refractivity contribution in [1.29, 1.82) is 0 Å². The zero-order valence-corrected chi connectivity index (χ0v) is 13.1. The molecule has 15 heavy (non-hydrogen) atoms. The molecule has 84 valence electrons. The summed E-state index contributed by atoms with van der Waals surface area (Å²) < 4.78 is 35.3. The molecule has 0 aromatic heterocycles. The monoisotopic (exact) mass is 334 g/mol. The van der Waals surface area contributed by atoms with Crippen LogP contribution in [0.25, 0.3) is 0 Å². The first-order valence-electron chi connectivity index (χ1n) is 1.77. The Balaban J connectivity index is -0.0000000322. The van der Waals surface area contributed by atoms with Gasteiger partial charge in [0.2, 0.25) is 0 Å². The number of hydrogen-bond donors (Lipinski definition) is 0. The Bertz CT molecular complexity index is 150. The number of hydrogen-bond acceptors (Lipinski definition) is 9. The van der Waals surface area contributed by atoms with Crippen molar-refractivity contribution in [2.75, 3.05) is 0 Å². The second kappa shape index (κ2) is 16.3. The maximum Gasteiger partial charge on any atom is 5.00 e. The van der Waals surface area contributed by atoms with Crippen LogP contribution < -0.4 is 80.7 Å². The maximum atomic E-state index is 9.12. The standard InChI is InChI=1S/F2O.K.2H3O4P.V/c1-3-2;;2*1-5(2,3)4;/h;;2*(H3,1,2,3,4);/q;+1;;;+5/p-6. The summed E-state index contributed by atoms with van der Waals surface area (Å²) in [5.74, 6) is 0. The smallest absolute Gasteiger partial charge is 0.822 e. The van der Waals surface area contributed by atoms with Crippen LogP contribution in [0, 0.1) is 0 Å². The van der Waals surface area contributed by atoms with Gasteiger partial charge in [-0.1, -0.05) is 0 Å². The van der Waals surface area contributed by atoms with Gasteiger partial charge in [-0.05, 0) is 9.05 Å². The fourth-order valence-corrected chi connectivity index (χ4v) is 0. The van der Waals surface area contributed by atoms with Gasteiger partial charge in [0.1, 0.15) is 0 Å². The number of rotatable bonds is 0. The van der Waals surface area contributed by atoms with Crippen molar-refractivity contribution >= 4 is 15.6 Å². The maximum absolute atomic E-state index is 9.12. The molecule has 0 rings (SSSR count). The summed E-state index contributed by atoms with van der Waals surface area (Å²) in [5, 5.41) is 1.25. The molecule has 0 atom stereocenters. The Morgan fingerprint density at radius 3 is 0.800 bits per heavy atom. The van der Waals surface area contributed by atoms with Crippen molar-refractivity contribution in [1.82, 2.24) is 0 Å². The van der Waals surface area contributed by atoms with E-state index < -0.39 is 15.6 Å². The fraction of sp³-hybridized carbons (Fsp3) is 0. The molecule has 0 saturated carbocycles. The molecule has 0 fully saturated rings. The Labute approximate surface area is 136 Å². The largest absolute Gasteiger partial charge is 5.00 e. The van der Waals surface area contributed by atoms with Crippen LogP contribution in [-0.2, 0) is 32.8 Å². The third-order valence-electron chi connectivity index (χ3n) is 0. The molecule has 0 saturated heterocycles. The predicted molar refractivity (Wildman–Crippen MR) is 18.5 cm³/mol. The van der Waals surface area contributed by atoms with Crippen molar-refractivity contribution in [3.63, 3.8) is 0 Å². The van der Waals surface area contributed by atoms with Crippen LogP contribution in [0.15, 0.2) is 0 Å². The predicted octanol–water partition coefficient (Wildman–Crippen LogP) is -7.88. The molecule has 0 N–H and O–H groups in total. The third-order valence-corrected chi connectivity index (χ3v) is 0. The quantitative estimate of drug-likeness (QED) is 0.307. The number of phosphoric acid groups is 2. The van der Waals surface area contributed by atoms with E-state index >= 15 is 0 Å². The topological polar surface area (TPSA) is 182 Å². The Morgan fingerprint density at radius 2 is 0.800 bits per heavy atom. The van der Waals surface area contributed by atoms with Crippen LogP contribution in [0.3, 0.4) is 0 Å². The molecular weight excluding hydrogens is 334 g/mol. The van der Waals surface area contributed by atoms with Gasteiger partial charge in [-0.15, -0.1) is 0 Å². The van der Waals surface area contributed by atoms with E-state index in [0.717, 1.165) is 0 Å². The van der Waals surface area contributed by atoms with Gasteiger partial charge in [0.15, 0.2) is 0 Å². The van der Waals surface area contributed by atoms with Crippen molar-refractivity contribution in [3.8, 4) is 0 Å². The molecule has 0 unspecified atom stereocenters. The average Bonchev–Trinajstić information content (AvgIpc) is 1.52. The van der Waals surface area contributed by atoms with E-state index in [1.807, 2.05) is 0 Å². The fourth-order valence-electron chi connectivity index (χ4n) is 0. The SMILES string of the molecule is FOF.O=P([O-])([O-])[O-].O=P([O-])([O-])[O-].[K+].[V+5]. The molecule has 0 amide bonds. The average molecular weight is 334 g/mol. The normalized spacial score (nSPS) is 9.07. The summed E-state index contributed by atoms with van der Waals surface area (Å²) in [6.45, 7) is 0. The molecule has 0 radical (unpaired) electrons. The first kappa shape index (κ1) is 30.4. The van der Waals surface area contributed by atoms with E-state index in [-0.39, 0.29) is 69.9 Å². The molecule has 0 aliphatic carbocycles. The molecule has 0 aliphatic rings. The van der Waals surface area contributed by atoms with Crippen LogP contribution in [-0.4, -0.2) is 0 Å². The second-order valence-electron chi connectivity index (χ2n) is 0.953. The molecule has 15 heteroatoms. The van der Waals surface area contributed by atoms with E-state index in [9.17, 15) is 0 Å². The van der Waals surface area contributed by atoms with Crippen LogP contribution in [0.5, 0.6) is 0 Å². The van der Waals surface area contributed by atoms with E-state index in [1.54, 1.807) is 0 Å². The molecule has 0 aromatic rings. The number of halogens is 2. The zero-order chi connectivity index (χ0) is 11.7. The van der Waals surface area contributed by atoms with Gasteiger partial charge in [0.05, 0.1) is 0 Å². The van der Waals surface area contributed by atoms with Crippen molar-refractivity contribution in [3.05, 3.63) is 0 Å². The van der Waals surface area contributed by atoms with Crippen LogP contribution in [0.1, 0.15) is 0 Å². The molecule has 0 aromatic carbocycles. The van der Waals surface area contributed by atoms with Crippen molar-refractivity contribution < 1.29 is 123 Å². The Morgan fingerprint density at radius 1 is 0.800 bits per heavy atom. The summed E-state index contributed by atoms with van der Waals surface area (Å²) in [6.07, 6.45) is 0. The van der Waals surface area contributed by atoms with Gasteiger partial charge >= 0.3 is 69.9 Å². The molecule has 0 bridgehead atoms. The summed E-state index contributed by atoms with van der Waals surface area (Å²) in [5.41, 5.74) is 0. The second-order valence-corrected chi connectivity index (χ2v) is 2.74. The molecule has 9 nitrogen and oxygen atoms in total. The summed E-state index contributed by atoms with van der Waals surface area (Å²) >= 11 is 0. The van der Waals surface area contributed by atoms with Crippen molar-refractivity contribution in [2.45, 2.75) is 0 Å². The first-order chi connectivity index (χ1) is 5.41. The van der Waals surface area contributed by atoms with Crippen LogP contribution in [0.2, 0.25) is 0 Å². The van der Waals surface area contributed by atoms with Crippen LogP contribution >= 0.6 is 15.6 Å². The molecular formula is F2KO9P2V. The summed E-state index contributed by atoms with van der Waals surface area (Å²) in [4.78, 5) is 51.3. The van der Waals surface area contributed by atoms with Gasteiger partial charge in [-0.3, -0.25) is 0 Å². The molecule has 0 spiro atoms. The summed E-state index contributed by atoms with van der Waals surface area (Å²) in [7, 11) is -10.8. The van der Waals surface area contributed by atoms with Gasteiger partial charge in [0, 0.05) is 5.15 Å². The first-order valence-corrected chi connectivity index (χ1v) is 4.69. The van der Waals surface area contributed by atoms with E-state index in [4.69, 9.17) is 47.5 Å². The summed E-state index contributed by atoms with van der Waals surface area (Å²) in [6, 6.07) is 0. The minimum absolute atomic E-state index is 0. The van der Waals surface area contributed by atoms with Gasteiger partial charge in [0.25, 0.3) is 0 Å². The van der Waals surface area contributed by atoms with Crippen LogP contribution in [0.4, 0.5) is 9.05 Å². The van der Waals surface area contributed by atoms with Gasteiger partial charge in [-0.25, -0.2) is 0 Å². The van der Waals surface area contributed by atoms with E-state index in [1.165, 1.54) is 5.15 Å². The Kier molecular flexibility index (Phi) is 32.9. The zero-order valence-electron chi connectivity index (χ0n) is 6.77. The van der Waals surface area contributed by atoms with Crippen molar-refractivity contribution in [2.24, 2.45) is 0 Å². The van der Waals surface area contributed by atoms with E-state index in [0.29, 0.717) is 0 Å². The minimum Gasteiger partial charge on any atom is -0.822 e. The van der Waals surface area contributed by atoms with E-state index in [2.05, 4.69) is 0 Å². The Hall–Kier alpha value is 2.26. The third kappa shape index (κ3) is 647.